The molecule has 0 spiro atoms. The second-order valence-electron chi connectivity index (χ2n) is 5.94. The lowest BCUT2D eigenvalue weighted by Gasteiger charge is -2.05. The molecular formula is C20H24O5. The van der Waals surface area contributed by atoms with Gasteiger partial charge in [0.2, 0.25) is 0 Å². The molecule has 0 unspecified atom stereocenters. The zero-order chi connectivity index (χ0) is 17.5. The van der Waals surface area contributed by atoms with Crippen LogP contribution >= 0.6 is 0 Å². The van der Waals surface area contributed by atoms with Crippen molar-refractivity contribution in [3.63, 3.8) is 0 Å². The largest absolute Gasteiger partial charge is 0.497 e. The van der Waals surface area contributed by atoms with Crippen LogP contribution in [0.25, 0.3) is 0 Å². The lowest BCUT2D eigenvalue weighted by molar-refractivity contribution is 0.103. The Bertz CT molecular complexity index is 581. The molecule has 0 saturated carbocycles. The molecule has 2 aromatic rings. The fraction of sp³-hybridized carbons (Fsp3) is 0.400. The van der Waals surface area contributed by atoms with Crippen LogP contribution < -0.4 is 9.47 Å². The summed E-state index contributed by atoms with van der Waals surface area (Å²) in [6.45, 7) is 2.32. The Morgan fingerprint density at radius 3 is 1.44 bits per heavy atom. The highest BCUT2D eigenvalue weighted by Gasteiger charge is 2.38. The number of methoxy groups -OCH3 is 2. The Morgan fingerprint density at radius 2 is 1.08 bits per heavy atom. The molecule has 0 radical (unpaired) electrons. The Morgan fingerprint density at radius 1 is 0.680 bits per heavy atom. The lowest BCUT2D eigenvalue weighted by atomic mass is 10.2. The third-order valence-electron chi connectivity index (χ3n) is 4.11. The summed E-state index contributed by atoms with van der Waals surface area (Å²) in [5.74, 6) is 1.70. The van der Waals surface area contributed by atoms with Crippen LogP contribution in [0.1, 0.15) is 11.1 Å². The smallest absolute Gasteiger partial charge is 0.118 e. The molecule has 1 saturated heterocycles. The molecule has 0 aliphatic carbocycles. The Kier molecular flexibility index (Phi) is 6.28. The normalized spacial score (nSPS) is 18.8. The highest BCUT2D eigenvalue weighted by atomic mass is 16.6. The van der Waals surface area contributed by atoms with Crippen molar-refractivity contribution in [1.29, 1.82) is 0 Å². The molecule has 3 rings (SSSR count). The van der Waals surface area contributed by atoms with Gasteiger partial charge in [0.15, 0.2) is 0 Å². The van der Waals surface area contributed by atoms with Crippen LogP contribution in [0.15, 0.2) is 48.5 Å². The highest BCUT2D eigenvalue weighted by molar-refractivity contribution is 5.27. The first-order chi connectivity index (χ1) is 12.3. The molecule has 25 heavy (non-hydrogen) atoms. The van der Waals surface area contributed by atoms with Crippen molar-refractivity contribution < 1.29 is 23.7 Å². The van der Waals surface area contributed by atoms with Gasteiger partial charge in [0, 0.05) is 0 Å². The van der Waals surface area contributed by atoms with Gasteiger partial charge in [-0.3, -0.25) is 0 Å². The van der Waals surface area contributed by atoms with E-state index in [0.29, 0.717) is 26.4 Å². The first-order valence-electron chi connectivity index (χ1n) is 8.35. The molecule has 5 heteroatoms. The third kappa shape index (κ3) is 5.46. The van der Waals surface area contributed by atoms with E-state index in [9.17, 15) is 0 Å². The fourth-order valence-electron chi connectivity index (χ4n) is 2.50. The molecule has 0 amide bonds. The zero-order valence-corrected chi connectivity index (χ0v) is 14.6. The first-order valence-corrected chi connectivity index (χ1v) is 8.35. The summed E-state index contributed by atoms with van der Waals surface area (Å²) in [7, 11) is 3.32. The Hall–Kier alpha value is -2.08. The van der Waals surface area contributed by atoms with Crippen LogP contribution in [0.3, 0.4) is 0 Å². The number of rotatable bonds is 10. The van der Waals surface area contributed by atoms with Gasteiger partial charge >= 0.3 is 0 Å². The molecule has 1 heterocycles. The van der Waals surface area contributed by atoms with Crippen LogP contribution in [-0.2, 0) is 27.4 Å². The van der Waals surface area contributed by atoms with E-state index < -0.39 is 0 Å². The average Bonchev–Trinajstić information content (AvgIpc) is 3.41. The van der Waals surface area contributed by atoms with Gasteiger partial charge in [0.1, 0.15) is 23.7 Å². The van der Waals surface area contributed by atoms with Gasteiger partial charge in [-0.25, -0.2) is 0 Å². The minimum atomic E-state index is 0.133. The van der Waals surface area contributed by atoms with E-state index >= 15 is 0 Å². The molecule has 1 aliphatic heterocycles. The quantitative estimate of drug-likeness (QED) is 0.620. The van der Waals surface area contributed by atoms with Crippen LogP contribution in [0.2, 0.25) is 0 Å². The van der Waals surface area contributed by atoms with Crippen LogP contribution in [0.5, 0.6) is 11.5 Å². The number of epoxide rings is 1. The molecular weight excluding hydrogens is 320 g/mol. The highest BCUT2D eigenvalue weighted by Crippen LogP contribution is 2.23. The summed E-state index contributed by atoms with van der Waals surface area (Å²) in [5.41, 5.74) is 2.24. The molecule has 2 aromatic carbocycles. The maximum Gasteiger partial charge on any atom is 0.118 e. The van der Waals surface area contributed by atoms with E-state index in [2.05, 4.69) is 0 Å². The molecule has 1 fully saturated rings. The molecule has 5 nitrogen and oxygen atoms in total. The molecule has 2 atom stereocenters. The van der Waals surface area contributed by atoms with E-state index in [1.54, 1.807) is 14.2 Å². The van der Waals surface area contributed by atoms with Crippen molar-refractivity contribution >= 4 is 0 Å². The third-order valence-corrected chi connectivity index (χ3v) is 4.11. The van der Waals surface area contributed by atoms with E-state index in [4.69, 9.17) is 23.7 Å². The van der Waals surface area contributed by atoms with E-state index in [-0.39, 0.29) is 12.2 Å². The minimum Gasteiger partial charge on any atom is -0.497 e. The summed E-state index contributed by atoms with van der Waals surface area (Å²) in [6.07, 6.45) is 0.267. The molecule has 134 valence electrons. The lowest BCUT2D eigenvalue weighted by Crippen LogP contribution is -2.09. The van der Waals surface area contributed by atoms with Crippen molar-refractivity contribution in [1.82, 2.24) is 0 Å². The maximum absolute atomic E-state index is 5.70. The SMILES string of the molecule is COc1ccc(COC[C@@H]2O[C@@H]2COCc2ccc(OC)cc2)cc1. The van der Waals surface area contributed by atoms with Crippen molar-refractivity contribution in [3.05, 3.63) is 59.7 Å². The average molecular weight is 344 g/mol. The van der Waals surface area contributed by atoms with Gasteiger partial charge in [0.25, 0.3) is 0 Å². The standard InChI is InChI=1S/C20H24O5/c1-21-17-7-3-15(4-8-17)11-23-13-19-20(25-19)14-24-12-16-5-9-18(22-2)10-6-16/h3-10,19-20H,11-14H2,1-2H3/t19-,20+. The number of ether oxygens (including phenoxy) is 5. The summed E-state index contributed by atoms with van der Waals surface area (Å²) >= 11 is 0. The van der Waals surface area contributed by atoms with Crippen molar-refractivity contribution in [2.24, 2.45) is 0 Å². The van der Waals surface area contributed by atoms with Crippen LogP contribution in [-0.4, -0.2) is 39.6 Å². The Balaban J connectivity index is 1.28. The summed E-state index contributed by atoms with van der Waals surface area (Å²) in [6, 6.07) is 15.7. The predicted octanol–water partition coefficient (Wildman–Crippen LogP) is 3.20. The topological polar surface area (TPSA) is 49.5 Å². The Labute approximate surface area is 148 Å². The van der Waals surface area contributed by atoms with Crippen molar-refractivity contribution in [2.75, 3.05) is 27.4 Å². The summed E-state index contributed by atoms with van der Waals surface area (Å²) in [5, 5.41) is 0. The summed E-state index contributed by atoms with van der Waals surface area (Å²) in [4.78, 5) is 0. The van der Waals surface area contributed by atoms with Gasteiger partial charge in [-0.1, -0.05) is 24.3 Å². The van der Waals surface area contributed by atoms with Crippen LogP contribution in [0, 0.1) is 0 Å². The monoisotopic (exact) mass is 344 g/mol. The van der Waals surface area contributed by atoms with Gasteiger partial charge in [0.05, 0.1) is 40.6 Å². The van der Waals surface area contributed by atoms with Crippen LogP contribution in [0.4, 0.5) is 0 Å². The zero-order valence-electron chi connectivity index (χ0n) is 14.6. The number of benzene rings is 2. The van der Waals surface area contributed by atoms with Gasteiger partial charge < -0.3 is 23.7 Å². The molecule has 0 aromatic heterocycles. The molecule has 1 aliphatic rings. The first kappa shape index (κ1) is 17.7. The number of hydrogen-bond acceptors (Lipinski definition) is 5. The maximum atomic E-state index is 5.70. The van der Waals surface area contributed by atoms with Gasteiger partial charge in [-0.2, -0.15) is 0 Å². The number of hydrogen-bond donors (Lipinski definition) is 0. The van der Waals surface area contributed by atoms with E-state index in [1.165, 1.54) is 0 Å². The van der Waals surface area contributed by atoms with Crippen molar-refractivity contribution in [2.45, 2.75) is 25.4 Å². The molecule has 0 N–H and O–H groups in total. The van der Waals surface area contributed by atoms with Crippen molar-refractivity contribution in [3.8, 4) is 11.5 Å². The summed E-state index contributed by atoms with van der Waals surface area (Å²) < 4.78 is 27.3. The second kappa shape index (κ2) is 8.85. The van der Waals surface area contributed by atoms with E-state index in [0.717, 1.165) is 22.6 Å². The van der Waals surface area contributed by atoms with Gasteiger partial charge in [-0.15, -0.1) is 0 Å². The fourth-order valence-corrected chi connectivity index (χ4v) is 2.50. The molecule has 0 bridgehead atoms. The minimum absolute atomic E-state index is 0.133. The second-order valence-corrected chi connectivity index (χ2v) is 5.94. The predicted molar refractivity (Wildman–Crippen MR) is 94.0 cm³/mol. The van der Waals surface area contributed by atoms with Gasteiger partial charge in [-0.05, 0) is 35.4 Å². The van der Waals surface area contributed by atoms with E-state index in [1.807, 2.05) is 48.5 Å².